The topological polar surface area (TPSA) is 90.3 Å². The molecule has 1 amide bonds. The second-order valence-corrected chi connectivity index (χ2v) is 9.19. The Hall–Kier alpha value is -3.13. The zero-order chi connectivity index (χ0) is 20.4. The molecule has 3 aromatic rings. The molecule has 1 aromatic heterocycles. The van der Waals surface area contributed by atoms with Crippen molar-refractivity contribution < 1.29 is 17.9 Å². The highest BCUT2D eigenvalue weighted by atomic mass is 32.2. The van der Waals surface area contributed by atoms with E-state index in [1.807, 2.05) is 54.6 Å². The third kappa shape index (κ3) is 4.17. The van der Waals surface area contributed by atoms with Crippen LogP contribution < -0.4 is 10.1 Å². The van der Waals surface area contributed by atoms with Gasteiger partial charge in [0.15, 0.2) is 15.5 Å². The van der Waals surface area contributed by atoms with Crippen LogP contribution in [0.5, 0.6) is 5.75 Å². The van der Waals surface area contributed by atoms with E-state index in [4.69, 9.17) is 4.74 Å². The quantitative estimate of drug-likeness (QED) is 0.697. The van der Waals surface area contributed by atoms with Gasteiger partial charge in [-0.05, 0) is 48.9 Å². The van der Waals surface area contributed by atoms with Crippen molar-refractivity contribution >= 4 is 15.7 Å². The molecule has 4 rings (SSSR count). The predicted molar refractivity (Wildman–Crippen MR) is 110 cm³/mol. The molecule has 1 unspecified atom stereocenters. The molecule has 0 spiro atoms. The van der Waals surface area contributed by atoms with Crippen molar-refractivity contribution in [3.05, 3.63) is 66.4 Å². The van der Waals surface area contributed by atoms with Gasteiger partial charge in [-0.2, -0.15) is 5.10 Å². The van der Waals surface area contributed by atoms with Gasteiger partial charge in [0.05, 0.1) is 30.0 Å². The largest absolute Gasteiger partial charge is 0.497 e. The molecular formula is C21H21N3O4S. The molecule has 1 atom stereocenters. The number of benzene rings is 2. The summed E-state index contributed by atoms with van der Waals surface area (Å²) in [5.41, 5.74) is 2.69. The van der Waals surface area contributed by atoms with Gasteiger partial charge in [0.1, 0.15) is 5.75 Å². The Morgan fingerprint density at radius 1 is 1.14 bits per heavy atom. The molecule has 7 nitrogen and oxygen atoms in total. The van der Waals surface area contributed by atoms with Crippen LogP contribution >= 0.6 is 0 Å². The van der Waals surface area contributed by atoms with Gasteiger partial charge in [-0.1, -0.05) is 18.2 Å². The molecule has 1 N–H and O–H groups in total. The third-order valence-corrected chi connectivity index (χ3v) is 6.66. The Morgan fingerprint density at radius 3 is 2.48 bits per heavy atom. The number of aromatic nitrogens is 2. The maximum Gasteiger partial charge on any atom is 0.272 e. The standard InChI is InChI=1S/C21H21N3O4S/c1-28-18-9-7-15(8-10-18)20-13-19(23-24(20)17-5-3-2-4-6-17)21(25)22-16-11-12-29(26,27)14-16/h2-10,13,16H,11-12,14H2,1H3,(H,22,25). The van der Waals surface area contributed by atoms with E-state index in [2.05, 4.69) is 10.4 Å². The summed E-state index contributed by atoms with van der Waals surface area (Å²) in [5.74, 6) is 0.438. The monoisotopic (exact) mass is 411 g/mol. The maximum absolute atomic E-state index is 12.7. The number of nitrogens with zero attached hydrogens (tertiary/aromatic N) is 2. The lowest BCUT2D eigenvalue weighted by atomic mass is 10.1. The summed E-state index contributed by atoms with van der Waals surface area (Å²) in [6, 6.07) is 18.4. The molecule has 1 aliphatic heterocycles. The van der Waals surface area contributed by atoms with Crippen LogP contribution in [-0.2, 0) is 9.84 Å². The molecular weight excluding hydrogens is 390 g/mol. The molecule has 2 aromatic carbocycles. The van der Waals surface area contributed by atoms with Gasteiger partial charge in [0.2, 0.25) is 0 Å². The minimum absolute atomic E-state index is 0.0243. The zero-order valence-electron chi connectivity index (χ0n) is 15.9. The second-order valence-electron chi connectivity index (χ2n) is 6.96. The van der Waals surface area contributed by atoms with Gasteiger partial charge in [-0.3, -0.25) is 4.79 Å². The molecule has 1 aliphatic rings. The van der Waals surface area contributed by atoms with Crippen molar-refractivity contribution in [1.29, 1.82) is 0 Å². The van der Waals surface area contributed by atoms with E-state index in [1.54, 1.807) is 17.9 Å². The van der Waals surface area contributed by atoms with Gasteiger partial charge in [-0.25, -0.2) is 13.1 Å². The van der Waals surface area contributed by atoms with Crippen LogP contribution in [-0.4, -0.2) is 48.8 Å². The summed E-state index contributed by atoms with van der Waals surface area (Å²) in [5, 5.41) is 7.30. The Bertz CT molecular complexity index is 1120. The molecule has 1 fully saturated rings. The number of rotatable bonds is 5. The number of hydrogen-bond donors (Lipinski definition) is 1. The molecule has 2 heterocycles. The van der Waals surface area contributed by atoms with Crippen LogP contribution in [0.15, 0.2) is 60.7 Å². The summed E-state index contributed by atoms with van der Waals surface area (Å²) >= 11 is 0. The lowest BCUT2D eigenvalue weighted by Crippen LogP contribution is -2.35. The molecule has 150 valence electrons. The van der Waals surface area contributed by atoms with Crippen LogP contribution in [0.1, 0.15) is 16.9 Å². The number of hydrogen-bond acceptors (Lipinski definition) is 5. The minimum Gasteiger partial charge on any atom is -0.497 e. The lowest BCUT2D eigenvalue weighted by molar-refractivity contribution is 0.0935. The number of sulfone groups is 1. The van der Waals surface area contributed by atoms with Crippen LogP contribution in [0.25, 0.3) is 16.9 Å². The van der Waals surface area contributed by atoms with Crippen molar-refractivity contribution in [1.82, 2.24) is 15.1 Å². The number of nitrogens with one attached hydrogen (secondary N) is 1. The first-order valence-corrected chi connectivity index (χ1v) is 11.1. The first-order chi connectivity index (χ1) is 13.9. The molecule has 0 saturated carbocycles. The highest BCUT2D eigenvalue weighted by Crippen LogP contribution is 2.26. The smallest absolute Gasteiger partial charge is 0.272 e. The highest BCUT2D eigenvalue weighted by molar-refractivity contribution is 7.91. The van der Waals surface area contributed by atoms with E-state index in [-0.39, 0.29) is 29.1 Å². The first-order valence-electron chi connectivity index (χ1n) is 9.26. The Morgan fingerprint density at radius 2 is 1.86 bits per heavy atom. The SMILES string of the molecule is COc1ccc(-c2cc(C(=O)NC3CCS(=O)(=O)C3)nn2-c2ccccc2)cc1. The Kier molecular flexibility index (Phi) is 5.10. The zero-order valence-corrected chi connectivity index (χ0v) is 16.7. The maximum atomic E-state index is 12.7. The van der Waals surface area contributed by atoms with Gasteiger partial charge in [0, 0.05) is 11.6 Å². The van der Waals surface area contributed by atoms with E-state index in [9.17, 15) is 13.2 Å². The number of ether oxygens (including phenoxy) is 1. The van der Waals surface area contributed by atoms with E-state index in [1.165, 1.54) is 0 Å². The fourth-order valence-corrected chi connectivity index (χ4v) is 5.07. The molecule has 1 saturated heterocycles. The average Bonchev–Trinajstić information content (AvgIpc) is 3.32. The normalized spacial score (nSPS) is 17.8. The van der Waals surface area contributed by atoms with E-state index < -0.39 is 9.84 Å². The van der Waals surface area contributed by atoms with Crippen LogP contribution in [0, 0.1) is 0 Å². The molecule has 29 heavy (non-hydrogen) atoms. The van der Waals surface area contributed by atoms with Gasteiger partial charge in [-0.15, -0.1) is 0 Å². The molecule has 0 bridgehead atoms. The number of carbonyl (C=O) groups excluding carboxylic acids is 1. The van der Waals surface area contributed by atoms with Crippen LogP contribution in [0.2, 0.25) is 0 Å². The summed E-state index contributed by atoms with van der Waals surface area (Å²) in [7, 11) is -1.46. The van der Waals surface area contributed by atoms with Crippen molar-refractivity contribution in [3.8, 4) is 22.7 Å². The Balaban J connectivity index is 1.68. The van der Waals surface area contributed by atoms with Crippen molar-refractivity contribution in [3.63, 3.8) is 0 Å². The summed E-state index contributed by atoms with van der Waals surface area (Å²) < 4.78 is 30.2. The summed E-state index contributed by atoms with van der Waals surface area (Å²) in [6.45, 7) is 0. The Labute approximate surface area is 169 Å². The number of methoxy groups -OCH3 is 1. The average molecular weight is 411 g/mol. The number of carbonyl (C=O) groups is 1. The fourth-order valence-electron chi connectivity index (χ4n) is 3.39. The van der Waals surface area contributed by atoms with Gasteiger partial charge < -0.3 is 10.1 Å². The molecule has 8 heteroatoms. The first kappa shape index (κ1) is 19.2. The van der Waals surface area contributed by atoms with Gasteiger partial charge in [0.25, 0.3) is 5.91 Å². The van der Waals surface area contributed by atoms with E-state index >= 15 is 0 Å². The predicted octanol–water partition coefficient (Wildman–Crippen LogP) is 2.46. The van der Waals surface area contributed by atoms with Crippen LogP contribution in [0.4, 0.5) is 0 Å². The highest BCUT2D eigenvalue weighted by Gasteiger charge is 2.30. The fraction of sp³-hybridized carbons (Fsp3) is 0.238. The van der Waals surface area contributed by atoms with Gasteiger partial charge >= 0.3 is 0 Å². The van der Waals surface area contributed by atoms with Crippen LogP contribution in [0.3, 0.4) is 0 Å². The summed E-state index contributed by atoms with van der Waals surface area (Å²) in [4.78, 5) is 12.7. The van der Waals surface area contributed by atoms with E-state index in [0.717, 1.165) is 22.7 Å². The van der Waals surface area contributed by atoms with Crippen molar-refractivity contribution in [2.24, 2.45) is 0 Å². The minimum atomic E-state index is -3.07. The lowest BCUT2D eigenvalue weighted by Gasteiger charge is -2.09. The summed E-state index contributed by atoms with van der Waals surface area (Å²) in [6.07, 6.45) is 0.429. The van der Waals surface area contributed by atoms with E-state index in [0.29, 0.717) is 6.42 Å². The molecule has 0 aliphatic carbocycles. The third-order valence-electron chi connectivity index (χ3n) is 4.90. The van der Waals surface area contributed by atoms with Crippen molar-refractivity contribution in [2.45, 2.75) is 12.5 Å². The number of amides is 1. The number of para-hydroxylation sites is 1. The molecule has 0 radical (unpaired) electrons. The second kappa shape index (κ2) is 7.71. The van der Waals surface area contributed by atoms with Crippen molar-refractivity contribution in [2.75, 3.05) is 18.6 Å².